The molecule has 1 fully saturated rings. The van der Waals surface area contributed by atoms with Gasteiger partial charge < -0.3 is 4.90 Å². The van der Waals surface area contributed by atoms with Crippen molar-refractivity contribution < 1.29 is 4.79 Å². The highest BCUT2D eigenvalue weighted by atomic mass is 32.1. The van der Waals surface area contributed by atoms with E-state index in [0.29, 0.717) is 18.4 Å². The molecular weight excluding hydrogens is 320 g/mol. The van der Waals surface area contributed by atoms with Gasteiger partial charge >= 0.3 is 0 Å². The lowest BCUT2D eigenvalue weighted by atomic mass is 9.81. The van der Waals surface area contributed by atoms with Crippen LogP contribution in [0.15, 0.2) is 0 Å². The predicted octanol–water partition coefficient (Wildman–Crippen LogP) is 3.76. The van der Waals surface area contributed by atoms with Crippen molar-refractivity contribution in [2.24, 2.45) is 0 Å². The average molecular weight is 344 g/mol. The number of fused-ring (bicyclic) bond motifs is 1. The van der Waals surface area contributed by atoms with Gasteiger partial charge in [0.05, 0.1) is 16.4 Å². The fourth-order valence-electron chi connectivity index (χ4n) is 3.52. The number of H-pyrrole nitrogens is 1. The first kappa shape index (κ1) is 15.8. The molecule has 0 spiro atoms. The van der Waals surface area contributed by atoms with Gasteiger partial charge in [-0.15, -0.1) is 11.3 Å². The average Bonchev–Trinajstić information content (AvgIpc) is 3.09. The standard InChI is InChI=1S/C18H24N4OS/c1-10(2)17-19-11(3)16(24-17)18(23)22-8-7-14-13(9-22)15(21-20-14)12-5-4-6-12/h10,12H,4-9H2,1-3H3,(H,20,21). The number of hydrogen-bond donors (Lipinski definition) is 1. The van der Waals surface area contributed by atoms with Crippen molar-refractivity contribution in [2.75, 3.05) is 6.54 Å². The van der Waals surface area contributed by atoms with E-state index in [-0.39, 0.29) is 5.91 Å². The van der Waals surface area contributed by atoms with Crippen molar-refractivity contribution in [3.8, 4) is 0 Å². The molecule has 1 aliphatic carbocycles. The SMILES string of the molecule is Cc1nc(C(C)C)sc1C(=O)N1CCc2[nH]nc(C3CCC3)c2C1. The van der Waals surface area contributed by atoms with Crippen molar-refractivity contribution in [2.45, 2.75) is 64.8 Å². The number of carbonyl (C=O) groups excluding carboxylic acids is 1. The van der Waals surface area contributed by atoms with Crippen LogP contribution < -0.4 is 0 Å². The first-order chi connectivity index (χ1) is 11.5. The molecule has 1 saturated carbocycles. The van der Waals surface area contributed by atoms with Crippen LogP contribution in [0.3, 0.4) is 0 Å². The summed E-state index contributed by atoms with van der Waals surface area (Å²) in [6.45, 7) is 7.63. The topological polar surface area (TPSA) is 61.9 Å². The predicted molar refractivity (Wildman–Crippen MR) is 94.6 cm³/mol. The molecule has 2 aromatic heterocycles. The summed E-state index contributed by atoms with van der Waals surface area (Å²) in [5.74, 6) is 1.09. The smallest absolute Gasteiger partial charge is 0.266 e. The second kappa shape index (κ2) is 5.99. The summed E-state index contributed by atoms with van der Waals surface area (Å²) in [4.78, 5) is 20.4. The Morgan fingerprint density at radius 1 is 1.38 bits per heavy atom. The van der Waals surface area contributed by atoms with E-state index in [1.807, 2.05) is 11.8 Å². The molecule has 1 aliphatic heterocycles. The number of aryl methyl sites for hydroxylation is 1. The highest BCUT2D eigenvalue weighted by Gasteiger charge is 2.32. The number of amides is 1. The molecule has 128 valence electrons. The monoisotopic (exact) mass is 344 g/mol. The second-order valence-electron chi connectivity index (χ2n) is 7.29. The molecule has 5 nitrogen and oxygen atoms in total. The zero-order chi connectivity index (χ0) is 16.8. The number of aromatic amines is 1. The number of hydrogen-bond acceptors (Lipinski definition) is 4. The van der Waals surface area contributed by atoms with Crippen LogP contribution in [-0.2, 0) is 13.0 Å². The molecular formula is C18H24N4OS. The van der Waals surface area contributed by atoms with Gasteiger partial charge in [-0.1, -0.05) is 20.3 Å². The number of nitrogens with zero attached hydrogens (tertiary/aromatic N) is 3. The number of carbonyl (C=O) groups is 1. The number of aromatic nitrogens is 3. The number of thiazole rings is 1. The summed E-state index contributed by atoms with van der Waals surface area (Å²) in [6.07, 6.45) is 4.64. The van der Waals surface area contributed by atoms with Crippen molar-refractivity contribution in [3.05, 3.63) is 32.5 Å². The quantitative estimate of drug-likeness (QED) is 0.922. The van der Waals surface area contributed by atoms with E-state index in [9.17, 15) is 4.79 Å². The zero-order valence-electron chi connectivity index (χ0n) is 14.6. The first-order valence-electron chi connectivity index (χ1n) is 8.87. The molecule has 2 aliphatic rings. The molecule has 0 bridgehead atoms. The molecule has 0 radical (unpaired) electrons. The van der Waals surface area contributed by atoms with Crippen molar-refractivity contribution in [1.82, 2.24) is 20.1 Å². The highest BCUT2D eigenvalue weighted by Crippen LogP contribution is 2.39. The summed E-state index contributed by atoms with van der Waals surface area (Å²) in [5, 5.41) is 8.81. The largest absolute Gasteiger partial charge is 0.333 e. The van der Waals surface area contributed by atoms with Gasteiger partial charge in [0.2, 0.25) is 0 Å². The summed E-state index contributed by atoms with van der Waals surface area (Å²) in [6, 6.07) is 0. The van der Waals surface area contributed by atoms with Gasteiger partial charge in [0, 0.05) is 42.6 Å². The molecule has 1 N–H and O–H groups in total. The molecule has 1 amide bonds. The Hall–Kier alpha value is -1.69. The molecule has 0 atom stereocenters. The van der Waals surface area contributed by atoms with E-state index in [2.05, 4.69) is 29.0 Å². The lowest BCUT2D eigenvalue weighted by Crippen LogP contribution is -2.36. The summed E-state index contributed by atoms with van der Waals surface area (Å²) >= 11 is 1.55. The summed E-state index contributed by atoms with van der Waals surface area (Å²) in [7, 11) is 0. The Balaban J connectivity index is 1.58. The van der Waals surface area contributed by atoms with Crippen LogP contribution in [0.1, 0.15) is 82.3 Å². The van der Waals surface area contributed by atoms with E-state index in [0.717, 1.165) is 28.5 Å². The lowest BCUT2D eigenvalue weighted by molar-refractivity contribution is 0.0737. The van der Waals surface area contributed by atoms with Gasteiger partial charge in [0.15, 0.2) is 0 Å². The van der Waals surface area contributed by atoms with E-state index >= 15 is 0 Å². The Morgan fingerprint density at radius 2 is 2.17 bits per heavy atom. The minimum absolute atomic E-state index is 0.128. The van der Waals surface area contributed by atoms with Gasteiger partial charge in [0.1, 0.15) is 4.88 Å². The minimum Gasteiger partial charge on any atom is -0.333 e. The van der Waals surface area contributed by atoms with Crippen LogP contribution >= 0.6 is 11.3 Å². The Morgan fingerprint density at radius 3 is 2.79 bits per heavy atom. The number of rotatable bonds is 3. The summed E-state index contributed by atoms with van der Waals surface area (Å²) < 4.78 is 0. The molecule has 24 heavy (non-hydrogen) atoms. The maximum Gasteiger partial charge on any atom is 0.266 e. The maximum absolute atomic E-state index is 13.0. The summed E-state index contributed by atoms with van der Waals surface area (Å²) in [5.41, 5.74) is 4.57. The van der Waals surface area contributed by atoms with Crippen LogP contribution in [0.5, 0.6) is 0 Å². The van der Waals surface area contributed by atoms with Crippen LogP contribution in [0.2, 0.25) is 0 Å². The third-order valence-electron chi connectivity index (χ3n) is 5.25. The molecule has 6 heteroatoms. The van der Waals surface area contributed by atoms with Gasteiger partial charge in [-0.25, -0.2) is 4.98 Å². The molecule has 2 aromatic rings. The fourth-order valence-corrected chi connectivity index (χ4v) is 4.55. The third-order valence-corrected chi connectivity index (χ3v) is 6.69. The van der Waals surface area contributed by atoms with Crippen LogP contribution in [-0.4, -0.2) is 32.5 Å². The minimum atomic E-state index is 0.128. The van der Waals surface area contributed by atoms with Crippen molar-refractivity contribution >= 4 is 17.2 Å². The van der Waals surface area contributed by atoms with Crippen molar-refractivity contribution in [3.63, 3.8) is 0 Å². The second-order valence-corrected chi connectivity index (χ2v) is 8.32. The molecule has 3 heterocycles. The van der Waals surface area contributed by atoms with Gasteiger partial charge in [-0.2, -0.15) is 5.10 Å². The number of nitrogens with one attached hydrogen (secondary N) is 1. The third kappa shape index (κ3) is 2.57. The Kier molecular flexibility index (Phi) is 3.95. The first-order valence-corrected chi connectivity index (χ1v) is 9.69. The van der Waals surface area contributed by atoms with E-state index in [4.69, 9.17) is 0 Å². The van der Waals surface area contributed by atoms with E-state index in [1.165, 1.54) is 36.2 Å². The van der Waals surface area contributed by atoms with Gasteiger partial charge in [0.25, 0.3) is 5.91 Å². The van der Waals surface area contributed by atoms with Crippen LogP contribution in [0.25, 0.3) is 0 Å². The normalized spacial score (nSPS) is 17.9. The highest BCUT2D eigenvalue weighted by molar-refractivity contribution is 7.13. The molecule has 0 saturated heterocycles. The lowest BCUT2D eigenvalue weighted by Gasteiger charge is -2.30. The Bertz CT molecular complexity index is 772. The van der Waals surface area contributed by atoms with E-state index in [1.54, 1.807) is 11.3 Å². The molecule has 0 aromatic carbocycles. The van der Waals surface area contributed by atoms with Crippen molar-refractivity contribution in [1.29, 1.82) is 0 Å². The zero-order valence-corrected chi connectivity index (χ0v) is 15.4. The van der Waals surface area contributed by atoms with E-state index < -0.39 is 0 Å². The molecule has 4 rings (SSSR count). The fraction of sp³-hybridized carbons (Fsp3) is 0.611. The van der Waals surface area contributed by atoms with Gasteiger partial charge in [-0.05, 0) is 19.8 Å². The van der Waals surface area contributed by atoms with Crippen LogP contribution in [0.4, 0.5) is 0 Å². The molecule has 0 unspecified atom stereocenters. The van der Waals surface area contributed by atoms with Crippen LogP contribution in [0, 0.1) is 6.92 Å². The Labute approximate surface area is 146 Å². The van der Waals surface area contributed by atoms with Gasteiger partial charge in [-0.3, -0.25) is 9.89 Å². The maximum atomic E-state index is 13.0.